The summed E-state index contributed by atoms with van der Waals surface area (Å²) in [6.45, 7) is 0. The summed E-state index contributed by atoms with van der Waals surface area (Å²) in [6, 6.07) is 24.2. The first-order chi connectivity index (χ1) is 15.6. The fourth-order valence-corrected chi connectivity index (χ4v) is 3.24. The first kappa shape index (κ1) is 22.9. The fourth-order valence-electron chi connectivity index (χ4n) is 3.05. The second kappa shape index (κ2) is 11.6. The van der Waals surface area contributed by atoms with Gasteiger partial charge in [0.05, 0.1) is 17.6 Å². The van der Waals surface area contributed by atoms with Crippen LogP contribution in [0.25, 0.3) is 11.3 Å². The molecule has 0 unspecified atom stereocenters. The number of thiocarbonyl (C=S) groups is 1. The fraction of sp³-hybridized carbons (Fsp3) is 0.115. The number of rotatable bonds is 6. The third-order valence-corrected chi connectivity index (χ3v) is 4.88. The van der Waals surface area contributed by atoms with Crippen molar-refractivity contribution in [1.29, 1.82) is 0 Å². The number of benzene rings is 3. The molecule has 5 nitrogen and oxygen atoms in total. The molecule has 0 spiro atoms. The number of phenolic OH excluding ortho intramolecular Hbond substituents is 2. The van der Waals surface area contributed by atoms with Gasteiger partial charge in [-0.15, -0.1) is 0 Å². The Kier molecular flexibility index (Phi) is 8.29. The minimum absolute atomic E-state index is 0.244. The molecule has 0 atom stereocenters. The Morgan fingerprint density at radius 3 is 2.06 bits per heavy atom. The summed E-state index contributed by atoms with van der Waals surface area (Å²) in [5, 5.41) is 23.0. The molecule has 0 aliphatic heterocycles. The number of anilines is 1. The molecular formula is C26H25N3O2S. The van der Waals surface area contributed by atoms with Crippen molar-refractivity contribution >= 4 is 23.4 Å². The molecule has 4 rings (SSSR count). The Morgan fingerprint density at radius 1 is 0.844 bits per heavy atom. The minimum Gasteiger partial charge on any atom is -0.508 e. The number of phenols is 2. The molecule has 4 aromatic rings. The highest BCUT2D eigenvalue weighted by Crippen LogP contribution is 2.23. The van der Waals surface area contributed by atoms with Crippen molar-refractivity contribution in [2.24, 2.45) is 0 Å². The summed E-state index contributed by atoms with van der Waals surface area (Å²) in [7, 11) is 1.85. The van der Waals surface area contributed by atoms with Crippen molar-refractivity contribution in [3.05, 3.63) is 102 Å². The van der Waals surface area contributed by atoms with Gasteiger partial charge in [0.25, 0.3) is 0 Å². The number of nitrogens with one attached hydrogen (secondary N) is 1. The maximum atomic E-state index is 9.39. The third kappa shape index (κ3) is 6.62. The zero-order valence-electron chi connectivity index (χ0n) is 17.8. The van der Waals surface area contributed by atoms with Crippen LogP contribution in [-0.2, 0) is 12.8 Å². The Bertz CT molecular complexity index is 1130. The lowest BCUT2D eigenvalue weighted by Gasteiger charge is -2.10. The van der Waals surface area contributed by atoms with Crippen LogP contribution in [0.3, 0.4) is 0 Å². The number of aromatic nitrogens is 2. The van der Waals surface area contributed by atoms with E-state index in [2.05, 4.69) is 34.7 Å². The lowest BCUT2D eigenvalue weighted by Crippen LogP contribution is -2.03. The van der Waals surface area contributed by atoms with E-state index in [1.165, 1.54) is 5.56 Å². The second-order valence-electron chi connectivity index (χ2n) is 7.05. The smallest absolute Gasteiger partial charge is 0.147 e. The SMILES string of the molecule is CNc1ncc(-c2ccc(O)cc2)nc1Cc1ccccc1.Oc1ccc(CC=S)cc1. The van der Waals surface area contributed by atoms with Crippen LogP contribution in [0, 0.1) is 0 Å². The molecule has 0 fully saturated rings. The van der Waals surface area contributed by atoms with E-state index in [1.807, 2.05) is 49.5 Å². The highest BCUT2D eigenvalue weighted by Gasteiger charge is 2.09. The van der Waals surface area contributed by atoms with Crippen molar-refractivity contribution in [2.75, 3.05) is 12.4 Å². The summed E-state index contributed by atoms with van der Waals surface area (Å²) in [5.41, 5.74) is 4.95. The second-order valence-corrected chi connectivity index (χ2v) is 7.38. The van der Waals surface area contributed by atoms with E-state index in [4.69, 9.17) is 10.1 Å². The molecule has 0 saturated heterocycles. The Hall–Kier alpha value is -3.77. The van der Waals surface area contributed by atoms with Gasteiger partial charge in [-0.05, 0) is 52.9 Å². The van der Waals surface area contributed by atoms with Gasteiger partial charge in [-0.2, -0.15) is 0 Å². The summed E-state index contributed by atoms with van der Waals surface area (Å²) >= 11 is 4.68. The lowest BCUT2D eigenvalue weighted by molar-refractivity contribution is 0.474. The molecule has 3 N–H and O–H groups in total. The molecule has 3 aromatic carbocycles. The molecular weight excluding hydrogens is 418 g/mol. The standard InChI is InChI=1S/C18H17N3O.C8H8OS/c1-19-18-16(11-13-5-3-2-4-6-13)21-17(12-20-18)14-7-9-15(22)10-8-14;9-8-3-1-7(2-4-8)5-6-10/h2-10,12,22H,11H2,1H3,(H,19,20);1-4,6,9H,5H2. The van der Waals surface area contributed by atoms with E-state index < -0.39 is 0 Å². The summed E-state index contributed by atoms with van der Waals surface area (Å²) in [5.74, 6) is 1.33. The molecule has 0 aliphatic rings. The van der Waals surface area contributed by atoms with E-state index in [1.54, 1.807) is 35.8 Å². The van der Waals surface area contributed by atoms with Crippen molar-refractivity contribution in [3.8, 4) is 22.8 Å². The van der Waals surface area contributed by atoms with Gasteiger partial charge < -0.3 is 15.5 Å². The van der Waals surface area contributed by atoms with E-state index >= 15 is 0 Å². The van der Waals surface area contributed by atoms with E-state index in [-0.39, 0.29) is 5.75 Å². The van der Waals surface area contributed by atoms with Crippen LogP contribution < -0.4 is 5.32 Å². The molecule has 162 valence electrons. The molecule has 0 bridgehead atoms. The number of hydrogen-bond acceptors (Lipinski definition) is 6. The molecule has 6 heteroatoms. The summed E-state index contributed by atoms with van der Waals surface area (Å²) in [4.78, 5) is 9.19. The third-order valence-electron chi connectivity index (χ3n) is 4.71. The Balaban J connectivity index is 0.000000243. The monoisotopic (exact) mass is 443 g/mol. The van der Waals surface area contributed by atoms with Gasteiger partial charge >= 0.3 is 0 Å². The van der Waals surface area contributed by atoms with Crippen LogP contribution in [0.5, 0.6) is 11.5 Å². The Morgan fingerprint density at radius 2 is 1.47 bits per heavy atom. The van der Waals surface area contributed by atoms with Gasteiger partial charge in [0.1, 0.15) is 17.3 Å². The first-order valence-electron chi connectivity index (χ1n) is 10.2. The van der Waals surface area contributed by atoms with E-state index in [0.717, 1.165) is 41.2 Å². The van der Waals surface area contributed by atoms with Crippen molar-refractivity contribution < 1.29 is 10.2 Å². The lowest BCUT2D eigenvalue weighted by atomic mass is 10.1. The normalized spacial score (nSPS) is 10.0. The van der Waals surface area contributed by atoms with Gasteiger partial charge in [-0.1, -0.05) is 54.7 Å². The highest BCUT2D eigenvalue weighted by atomic mass is 32.1. The van der Waals surface area contributed by atoms with Crippen LogP contribution in [0.4, 0.5) is 5.82 Å². The quantitative estimate of drug-likeness (QED) is 0.346. The maximum absolute atomic E-state index is 9.39. The molecule has 0 saturated carbocycles. The van der Waals surface area contributed by atoms with Crippen molar-refractivity contribution in [1.82, 2.24) is 9.97 Å². The average molecular weight is 444 g/mol. The van der Waals surface area contributed by atoms with E-state index in [0.29, 0.717) is 5.75 Å². The van der Waals surface area contributed by atoms with Crippen LogP contribution in [-0.4, -0.2) is 32.6 Å². The molecule has 0 amide bonds. The van der Waals surface area contributed by atoms with Crippen molar-refractivity contribution in [2.45, 2.75) is 12.8 Å². The Labute approximate surface area is 193 Å². The van der Waals surface area contributed by atoms with E-state index in [9.17, 15) is 5.11 Å². The molecule has 1 heterocycles. The van der Waals surface area contributed by atoms with Gasteiger partial charge in [0, 0.05) is 25.5 Å². The summed E-state index contributed by atoms with van der Waals surface area (Å²) < 4.78 is 0. The highest BCUT2D eigenvalue weighted by molar-refractivity contribution is 7.78. The average Bonchev–Trinajstić information content (AvgIpc) is 2.82. The zero-order valence-corrected chi connectivity index (χ0v) is 18.6. The molecule has 0 aliphatic carbocycles. The number of nitrogens with zero attached hydrogens (tertiary/aromatic N) is 2. The number of hydrogen-bond donors (Lipinski definition) is 3. The largest absolute Gasteiger partial charge is 0.508 e. The predicted octanol–water partition coefficient (Wildman–Crippen LogP) is 5.42. The maximum Gasteiger partial charge on any atom is 0.147 e. The van der Waals surface area contributed by atoms with Crippen molar-refractivity contribution in [3.63, 3.8) is 0 Å². The van der Waals surface area contributed by atoms with Crippen LogP contribution in [0.15, 0.2) is 85.1 Å². The number of aromatic hydroxyl groups is 2. The molecule has 32 heavy (non-hydrogen) atoms. The molecule has 0 radical (unpaired) electrons. The zero-order chi connectivity index (χ0) is 22.8. The molecule has 1 aromatic heterocycles. The van der Waals surface area contributed by atoms with Gasteiger partial charge in [0.2, 0.25) is 0 Å². The van der Waals surface area contributed by atoms with Gasteiger partial charge in [-0.3, -0.25) is 0 Å². The van der Waals surface area contributed by atoms with Gasteiger partial charge in [0.15, 0.2) is 0 Å². The predicted molar refractivity (Wildman–Crippen MR) is 133 cm³/mol. The van der Waals surface area contributed by atoms with Gasteiger partial charge in [-0.25, -0.2) is 9.97 Å². The van der Waals surface area contributed by atoms with Crippen LogP contribution in [0.2, 0.25) is 0 Å². The van der Waals surface area contributed by atoms with Crippen LogP contribution >= 0.6 is 12.2 Å². The van der Waals surface area contributed by atoms with Crippen LogP contribution in [0.1, 0.15) is 16.8 Å². The topological polar surface area (TPSA) is 78.3 Å². The first-order valence-corrected chi connectivity index (χ1v) is 10.6. The summed E-state index contributed by atoms with van der Waals surface area (Å²) in [6.07, 6.45) is 3.25. The minimum atomic E-state index is 0.244.